The van der Waals surface area contributed by atoms with Gasteiger partial charge in [-0.05, 0) is 37.0 Å². The summed E-state index contributed by atoms with van der Waals surface area (Å²) in [6.45, 7) is 0. The van der Waals surface area contributed by atoms with Crippen molar-refractivity contribution < 1.29 is 16.8 Å². The largest absolute Gasteiger partial charge is 0.283 e. The number of anilines is 1. The summed E-state index contributed by atoms with van der Waals surface area (Å²) in [5, 5.41) is -0.123. The Hall–Kier alpha value is -0.500. The van der Waals surface area contributed by atoms with Crippen LogP contribution in [0.5, 0.6) is 0 Å². The highest BCUT2D eigenvalue weighted by molar-refractivity contribution is 8.13. The van der Waals surface area contributed by atoms with Crippen LogP contribution in [-0.4, -0.2) is 22.6 Å². The molecule has 1 aliphatic rings. The van der Waals surface area contributed by atoms with E-state index in [1.807, 2.05) is 0 Å². The van der Waals surface area contributed by atoms with Gasteiger partial charge in [-0.25, -0.2) is 16.8 Å². The Labute approximate surface area is 121 Å². The van der Waals surface area contributed by atoms with Crippen LogP contribution in [0.2, 0.25) is 5.02 Å². The fourth-order valence-electron chi connectivity index (χ4n) is 1.58. The molecule has 1 fully saturated rings. The first-order valence-corrected chi connectivity index (χ1v) is 9.76. The summed E-state index contributed by atoms with van der Waals surface area (Å²) in [4.78, 5) is -0.249. The van der Waals surface area contributed by atoms with E-state index in [1.165, 1.54) is 18.2 Å². The highest BCUT2D eigenvalue weighted by Crippen LogP contribution is 2.32. The normalized spacial score (nSPS) is 16.3. The van der Waals surface area contributed by atoms with Crippen LogP contribution < -0.4 is 4.72 Å². The number of rotatable bonds is 5. The van der Waals surface area contributed by atoms with Gasteiger partial charge < -0.3 is 0 Å². The highest BCUT2D eigenvalue weighted by Gasteiger charge is 2.28. The Morgan fingerprint density at radius 3 is 2.32 bits per heavy atom. The molecule has 0 aromatic heterocycles. The van der Waals surface area contributed by atoms with Crippen molar-refractivity contribution in [3.05, 3.63) is 23.2 Å². The summed E-state index contributed by atoms with van der Waals surface area (Å²) >= 11 is 5.76. The number of halogens is 2. The van der Waals surface area contributed by atoms with Crippen molar-refractivity contribution in [2.24, 2.45) is 5.92 Å². The highest BCUT2D eigenvalue weighted by atomic mass is 35.7. The van der Waals surface area contributed by atoms with Crippen LogP contribution in [0.4, 0.5) is 5.69 Å². The number of hydrogen-bond acceptors (Lipinski definition) is 4. The van der Waals surface area contributed by atoms with Crippen LogP contribution >= 0.6 is 22.3 Å². The Bertz CT molecular complexity index is 696. The fraction of sp³-hybridized carbons (Fsp3) is 0.400. The van der Waals surface area contributed by atoms with E-state index in [-0.39, 0.29) is 27.3 Å². The van der Waals surface area contributed by atoms with Crippen molar-refractivity contribution in [3.63, 3.8) is 0 Å². The van der Waals surface area contributed by atoms with Gasteiger partial charge >= 0.3 is 0 Å². The summed E-state index contributed by atoms with van der Waals surface area (Å²) in [7, 11) is -2.19. The molecule has 1 aliphatic carbocycles. The molecule has 0 radical (unpaired) electrons. The Morgan fingerprint density at radius 1 is 1.21 bits per heavy atom. The molecule has 0 saturated heterocycles. The van der Waals surface area contributed by atoms with Crippen molar-refractivity contribution in [1.82, 2.24) is 0 Å². The van der Waals surface area contributed by atoms with Gasteiger partial charge in [0.25, 0.3) is 9.05 Å². The van der Waals surface area contributed by atoms with Crippen LogP contribution in [-0.2, 0) is 19.1 Å². The van der Waals surface area contributed by atoms with Gasteiger partial charge in [0.1, 0.15) is 4.90 Å². The first kappa shape index (κ1) is 14.9. The van der Waals surface area contributed by atoms with E-state index in [1.54, 1.807) is 0 Å². The summed E-state index contributed by atoms with van der Waals surface area (Å²) < 4.78 is 48.1. The lowest BCUT2D eigenvalue weighted by molar-refractivity contribution is 0.597. The predicted octanol–water partition coefficient (Wildman–Crippen LogP) is 2.42. The second-order valence-electron chi connectivity index (χ2n) is 4.41. The van der Waals surface area contributed by atoms with Gasteiger partial charge in [0.05, 0.1) is 16.5 Å². The fourth-order valence-corrected chi connectivity index (χ4v) is 4.63. The zero-order valence-corrected chi connectivity index (χ0v) is 12.8. The summed E-state index contributed by atoms with van der Waals surface area (Å²) in [6.07, 6.45) is 1.84. The quantitative estimate of drug-likeness (QED) is 0.832. The standard InChI is InChI=1S/C10H11Cl2NO4S2/c11-9-5-8(3-4-10(9)19(12,16)17)13-18(14,15)6-7-1-2-7/h3-5,7,13H,1-2,6H2. The average Bonchev–Trinajstić information content (AvgIpc) is 2.97. The molecule has 19 heavy (non-hydrogen) atoms. The van der Waals surface area contributed by atoms with Crippen LogP contribution in [0.1, 0.15) is 12.8 Å². The number of nitrogens with one attached hydrogen (secondary N) is 1. The summed E-state index contributed by atoms with van der Waals surface area (Å²) in [5.74, 6) is 0.288. The van der Waals surface area contributed by atoms with Crippen molar-refractivity contribution in [3.8, 4) is 0 Å². The van der Waals surface area contributed by atoms with Crippen LogP contribution in [0.15, 0.2) is 23.1 Å². The molecule has 0 aliphatic heterocycles. The molecule has 0 bridgehead atoms. The Balaban J connectivity index is 2.20. The van der Waals surface area contributed by atoms with E-state index in [0.29, 0.717) is 0 Å². The zero-order valence-electron chi connectivity index (χ0n) is 9.64. The lowest BCUT2D eigenvalue weighted by Crippen LogP contribution is -2.17. The van der Waals surface area contributed by atoms with E-state index in [4.69, 9.17) is 22.3 Å². The van der Waals surface area contributed by atoms with Crippen LogP contribution in [0, 0.1) is 5.92 Å². The molecule has 1 aromatic carbocycles. The molecule has 0 heterocycles. The van der Waals surface area contributed by atoms with Gasteiger partial charge in [0.2, 0.25) is 10.0 Å². The van der Waals surface area contributed by atoms with Crippen molar-refractivity contribution in [2.45, 2.75) is 17.7 Å². The van der Waals surface area contributed by atoms with Crippen molar-refractivity contribution in [2.75, 3.05) is 10.5 Å². The van der Waals surface area contributed by atoms with E-state index >= 15 is 0 Å². The molecular formula is C10H11Cl2NO4S2. The minimum absolute atomic E-state index is 0.0696. The third kappa shape index (κ3) is 4.24. The van der Waals surface area contributed by atoms with Gasteiger partial charge in [-0.3, -0.25) is 4.72 Å². The van der Waals surface area contributed by atoms with Crippen LogP contribution in [0.3, 0.4) is 0 Å². The Kier molecular flexibility index (Phi) is 4.02. The van der Waals surface area contributed by atoms with Crippen molar-refractivity contribution in [1.29, 1.82) is 0 Å². The topological polar surface area (TPSA) is 80.3 Å². The third-order valence-electron chi connectivity index (χ3n) is 2.62. The molecule has 0 unspecified atom stereocenters. The van der Waals surface area contributed by atoms with Crippen molar-refractivity contribution >= 4 is 47.0 Å². The van der Waals surface area contributed by atoms with E-state index < -0.39 is 19.1 Å². The summed E-state index contributed by atoms with van der Waals surface area (Å²) in [5.41, 5.74) is 0.217. The van der Waals surface area contributed by atoms with Gasteiger partial charge in [-0.1, -0.05) is 11.6 Å². The van der Waals surface area contributed by atoms with E-state index in [0.717, 1.165) is 12.8 Å². The maximum absolute atomic E-state index is 11.7. The molecule has 1 aromatic rings. The van der Waals surface area contributed by atoms with Gasteiger partial charge in [-0.2, -0.15) is 0 Å². The number of sulfonamides is 1. The first-order valence-electron chi connectivity index (χ1n) is 5.42. The van der Waals surface area contributed by atoms with Gasteiger partial charge in [0, 0.05) is 10.7 Å². The molecule has 106 valence electrons. The molecule has 9 heteroatoms. The SMILES string of the molecule is O=S(=O)(CC1CC1)Nc1ccc(S(=O)(=O)Cl)c(Cl)c1. The molecule has 1 N–H and O–H groups in total. The van der Waals surface area contributed by atoms with Crippen LogP contribution in [0.25, 0.3) is 0 Å². The maximum Gasteiger partial charge on any atom is 0.262 e. The minimum atomic E-state index is -3.94. The van der Waals surface area contributed by atoms with E-state index in [9.17, 15) is 16.8 Å². The average molecular weight is 344 g/mol. The molecule has 0 spiro atoms. The maximum atomic E-state index is 11.7. The lowest BCUT2D eigenvalue weighted by atomic mass is 10.3. The molecule has 1 saturated carbocycles. The predicted molar refractivity (Wildman–Crippen MR) is 74.6 cm³/mol. The van der Waals surface area contributed by atoms with Gasteiger partial charge in [0.15, 0.2) is 0 Å². The molecule has 0 atom stereocenters. The summed E-state index contributed by atoms with van der Waals surface area (Å²) in [6, 6.07) is 3.70. The number of benzene rings is 1. The second-order valence-corrected chi connectivity index (χ2v) is 9.12. The minimum Gasteiger partial charge on any atom is -0.283 e. The van der Waals surface area contributed by atoms with E-state index in [2.05, 4.69) is 4.72 Å². The molecule has 0 amide bonds. The Morgan fingerprint density at radius 2 is 1.84 bits per heavy atom. The third-order valence-corrected chi connectivity index (χ3v) is 5.88. The lowest BCUT2D eigenvalue weighted by Gasteiger charge is -2.08. The second kappa shape index (κ2) is 5.12. The monoisotopic (exact) mass is 343 g/mol. The zero-order chi connectivity index (χ0) is 14.3. The molecular weight excluding hydrogens is 333 g/mol. The molecule has 5 nitrogen and oxygen atoms in total. The smallest absolute Gasteiger partial charge is 0.262 e. The first-order chi connectivity index (χ1) is 8.67. The van der Waals surface area contributed by atoms with Gasteiger partial charge in [-0.15, -0.1) is 0 Å². The molecule has 2 rings (SSSR count). The number of hydrogen-bond donors (Lipinski definition) is 1.